The number of rotatable bonds is 2. The lowest BCUT2D eigenvalue weighted by atomic mass is 10.2. The molecule has 0 aliphatic carbocycles. The maximum atomic E-state index is 8.74. The lowest BCUT2D eigenvalue weighted by molar-refractivity contribution is 0.485. The predicted octanol–water partition coefficient (Wildman–Crippen LogP) is 3.54. The van der Waals surface area contributed by atoms with Crippen LogP contribution in [-0.4, -0.2) is 4.98 Å². The van der Waals surface area contributed by atoms with Gasteiger partial charge in [-0.05, 0) is 36.4 Å². The van der Waals surface area contributed by atoms with Crippen LogP contribution < -0.4 is 10.5 Å². The Labute approximate surface area is 113 Å². The second-order valence-electron chi connectivity index (χ2n) is 3.91. The van der Waals surface area contributed by atoms with Gasteiger partial charge in [-0.3, -0.25) is 0 Å². The minimum atomic E-state index is 0.531. The minimum absolute atomic E-state index is 0.531. The molecular formula is C14H9N3OS. The zero-order valence-electron chi connectivity index (χ0n) is 9.83. The highest BCUT2D eigenvalue weighted by Crippen LogP contribution is 2.34. The quantitative estimate of drug-likeness (QED) is 0.721. The van der Waals surface area contributed by atoms with Crippen LogP contribution in [0.2, 0.25) is 0 Å². The van der Waals surface area contributed by atoms with Gasteiger partial charge in [0.05, 0.1) is 21.8 Å². The SMILES string of the molecule is N#Cc1ccc(Oc2ccc3scnc3c2N)cc1. The van der Waals surface area contributed by atoms with Gasteiger partial charge in [-0.1, -0.05) is 0 Å². The fourth-order valence-corrected chi connectivity index (χ4v) is 2.44. The van der Waals surface area contributed by atoms with Crippen LogP contribution in [-0.2, 0) is 0 Å². The molecule has 0 aliphatic rings. The Bertz CT molecular complexity index is 771. The average molecular weight is 267 g/mol. The van der Waals surface area contributed by atoms with Gasteiger partial charge in [-0.15, -0.1) is 11.3 Å². The molecule has 0 spiro atoms. The van der Waals surface area contributed by atoms with Crippen LogP contribution in [0.25, 0.3) is 10.2 Å². The Morgan fingerprint density at radius 3 is 2.68 bits per heavy atom. The molecule has 0 bridgehead atoms. The lowest BCUT2D eigenvalue weighted by Crippen LogP contribution is -1.93. The van der Waals surface area contributed by atoms with Gasteiger partial charge in [0.25, 0.3) is 0 Å². The van der Waals surface area contributed by atoms with Crippen molar-refractivity contribution in [2.24, 2.45) is 0 Å². The first-order chi connectivity index (χ1) is 9.28. The Morgan fingerprint density at radius 1 is 1.16 bits per heavy atom. The van der Waals surface area contributed by atoms with E-state index in [0.717, 1.165) is 10.2 Å². The van der Waals surface area contributed by atoms with Crippen molar-refractivity contribution in [2.75, 3.05) is 5.73 Å². The van der Waals surface area contributed by atoms with Crippen molar-refractivity contribution in [1.82, 2.24) is 4.98 Å². The molecule has 0 radical (unpaired) electrons. The normalized spacial score (nSPS) is 10.3. The molecule has 1 heterocycles. The van der Waals surface area contributed by atoms with E-state index in [4.69, 9.17) is 15.7 Å². The summed E-state index contributed by atoms with van der Waals surface area (Å²) in [6.07, 6.45) is 0. The van der Waals surface area contributed by atoms with Gasteiger partial charge in [0.15, 0.2) is 5.75 Å². The zero-order chi connectivity index (χ0) is 13.2. The zero-order valence-corrected chi connectivity index (χ0v) is 10.6. The third kappa shape index (κ3) is 2.09. The monoisotopic (exact) mass is 267 g/mol. The molecule has 1 aromatic heterocycles. The van der Waals surface area contributed by atoms with E-state index in [1.165, 1.54) is 11.3 Å². The second-order valence-corrected chi connectivity index (χ2v) is 4.80. The highest BCUT2D eigenvalue weighted by molar-refractivity contribution is 7.16. The standard InChI is InChI=1S/C14H9N3OS/c15-7-9-1-3-10(4-2-9)18-11-5-6-12-14(13(11)16)17-8-19-12/h1-6,8H,16H2. The molecule has 0 amide bonds. The third-order valence-corrected chi connectivity index (χ3v) is 3.51. The van der Waals surface area contributed by atoms with Crippen LogP contribution in [0.15, 0.2) is 41.9 Å². The molecular weight excluding hydrogens is 258 g/mol. The van der Waals surface area contributed by atoms with Crippen molar-refractivity contribution in [3.63, 3.8) is 0 Å². The summed E-state index contributed by atoms with van der Waals surface area (Å²) in [7, 11) is 0. The number of nitriles is 1. The first-order valence-electron chi connectivity index (χ1n) is 5.57. The Hall–Kier alpha value is -2.58. The average Bonchev–Trinajstić information content (AvgIpc) is 2.92. The number of hydrogen-bond donors (Lipinski definition) is 1. The van der Waals surface area contributed by atoms with Crippen LogP contribution in [0.1, 0.15) is 5.56 Å². The summed E-state index contributed by atoms with van der Waals surface area (Å²) >= 11 is 1.54. The summed E-state index contributed by atoms with van der Waals surface area (Å²) in [6, 6.07) is 12.7. The summed E-state index contributed by atoms with van der Waals surface area (Å²) in [5, 5.41) is 8.74. The molecule has 2 N–H and O–H groups in total. The molecule has 0 atom stereocenters. The van der Waals surface area contributed by atoms with Crippen molar-refractivity contribution in [2.45, 2.75) is 0 Å². The van der Waals surface area contributed by atoms with Crippen LogP contribution in [0.5, 0.6) is 11.5 Å². The van der Waals surface area contributed by atoms with Crippen LogP contribution in [0, 0.1) is 11.3 Å². The van der Waals surface area contributed by atoms with Crippen LogP contribution >= 0.6 is 11.3 Å². The molecule has 5 heteroatoms. The molecule has 3 rings (SSSR count). The first-order valence-corrected chi connectivity index (χ1v) is 6.45. The van der Waals surface area contributed by atoms with E-state index in [-0.39, 0.29) is 0 Å². The molecule has 0 fully saturated rings. The van der Waals surface area contributed by atoms with Gasteiger partial charge in [0, 0.05) is 0 Å². The van der Waals surface area contributed by atoms with Crippen molar-refractivity contribution in [3.8, 4) is 17.6 Å². The summed E-state index contributed by atoms with van der Waals surface area (Å²) in [6.45, 7) is 0. The van der Waals surface area contributed by atoms with E-state index < -0.39 is 0 Å². The van der Waals surface area contributed by atoms with E-state index in [0.29, 0.717) is 22.7 Å². The number of fused-ring (bicyclic) bond motifs is 1. The maximum absolute atomic E-state index is 8.74. The third-order valence-electron chi connectivity index (χ3n) is 2.71. The molecule has 0 unspecified atom stereocenters. The smallest absolute Gasteiger partial charge is 0.152 e. The van der Waals surface area contributed by atoms with E-state index >= 15 is 0 Å². The van der Waals surface area contributed by atoms with Gasteiger partial charge < -0.3 is 10.5 Å². The first kappa shape index (κ1) is 11.5. The summed E-state index contributed by atoms with van der Waals surface area (Å²) in [5.74, 6) is 1.21. The Balaban J connectivity index is 1.96. The largest absolute Gasteiger partial charge is 0.455 e. The topological polar surface area (TPSA) is 71.9 Å². The number of nitrogen functional groups attached to an aromatic ring is 1. The number of benzene rings is 2. The number of hydrogen-bond acceptors (Lipinski definition) is 5. The van der Waals surface area contributed by atoms with E-state index in [2.05, 4.69) is 11.1 Å². The molecule has 2 aromatic carbocycles. The summed E-state index contributed by atoms with van der Waals surface area (Å²) in [5.41, 5.74) is 9.67. The number of anilines is 1. The van der Waals surface area contributed by atoms with Crippen molar-refractivity contribution >= 4 is 27.2 Å². The molecule has 0 saturated carbocycles. The van der Waals surface area contributed by atoms with Gasteiger partial charge in [-0.25, -0.2) is 4.98 Å². The fourth-order valence-electron chi connectivity index (χ4n) is 1.75. The van der Waals surface area contributed by atoms with Gasteiger partial charge in [-0.2, -0.15) is 5.26 Å². The maximum Gasteiger partial charge on any atom is 0.152 e. The van der Waals surface area contributed by atoms with Gasteiger partial charge >= 0.3 is 0 Å². The van der Waals surface area contributed by atoms with Crippen LogP contribution in [0.4, 0.5) is 5.69 Å². The van der Waals surface area contributed by atoms with Crippen molar-refractivity contribution < 1.29 is 4.74 Å². The van der Waals surface area contributed by atoms with Gasteiger partial charge in [0.1, 0.15) is 17.0 Å². The highest BCUT2D eigenvalue weighted by atomic mass is 32.1. The highest BCUT2D eigenvalue weighted by Gasteiger charge is 2.08. The lowest BCUT2D eigenvalue weighted by Gasteiger charge is -2.08. The summed E-state index contributed by atoms with van der Waals surface area (Å²) in [4.78, 5) is 4.22. The molecule has 3 aromatic rings. The molecule has 92 valence electrons. The molecule has 4 nitrogen and oxygen atoms in total. The number of thiazole rings is 1. The number of ether oxygens (including phenoxy) is 1. The van der Waals surface area contributed by atoms with E-state index in [1.807, 2.05) is 12.1 Å². The van der Waals surface area contributed by atoms with Crippen molar-refractivity contribution in [3.05, 3.63) is 47.5 Å². The van der Waals surface area contributed by atoms with Crippen molar-refractivity contribution in [1.29, 1.82) is 5.26 Å². The minimum Gasteiger partial charge on any atom is -0.455 e. The number of nitrogens with two attached hydrogens (primary N) is 1. The molecule has 0 aliphatic heterocycles. The van der Waals surface area contributed by atoms with Crippen LogP contribution in [0.3, 0.4) is 0 Å². The Morgan fingerprint density at radius 2 is 1.95 bits per heavy atom. The number of nitrogens with zero attached hydrogens (tertiary/aromatic N) is 2. The van der Waals surface area contributed by atoms with Gasteiger partial charge in [0.2, 0.25) is 0 Å². The van der Waals surface area contributed by atoms with E-state index in [9.17, 15) is 0 Å². The number of aromatic nitrogens is 1. The molecule has 0 saturated heterocycles. The second kappa shape index (κ2) is 4.59. The predicted molar refractivity (Wildman–Crippen MR) is 75.3 cm³/mol. The fraction of sp³-hybridized carbons (Fsp3) is 0. The van der Waals surface area contributed by atoms with E-state index in [1.54, 1.807) is 29.8 Å². The summed E-state index contributed by atoms with van der Waals surface area (Å²) < 4.78 is 6.75. The molecule has 19 heavy (non-hydrogen) atoms. The Kier molecular flexibility index (Phi) is 2.78.